The van der Waals surface area contributed by atoms with Crippen LogP contribution in [0.5, 0.6) is 0 Å². The summed E-state index contributed by atoms with van der Waals surface area (Å²) in [6, 6.07) is 24.2. The molecule has 3 aromatic rings. The van der Waals surface area contributed by atoms with Crippen molar-refractivity contribution in [2.75, 3.05) is 18.0 Å². The van der Waals surface area contributed by atoms with E-state index in [-0.39, 0.29) is 0 Å². The lowest BCUT2D eigenvalue weighted by molar-refractivity contribution is 0.667. The molecule has 0 saturated heterocycles. The number of unbranched alkanes of at least 4 members (excludes halogenated alkanes) is 3. The number of rotatable bonds is 12. The molecule has 0 N–H and O–H groups in total. The van der Waals surface area contributed by atoms with Crippen LogP contribution in [0.25, 0.3) is 0 Å². The summed E-state index contributed by atoms with van der Waals surface area (Å²) in [5, 5.41) is 17.4. The summed E-state index contributed by atoms with van der Waals surface area (Å²) in [6.07, 6.45) is 6.27. The fourth-order valence-electron chi connectivity index (χ4n) is 3.62. The van der Waals surface area contributed by atoms with Gasteiger partial charge in [0.25, 0.3) is 0 Å². The number of hydrogen-bond acceptors (Lipinski definition) is 5. The minimum Gasteiger partial charge on any atom is -0.372 e. The maximum atomic E-state index is 4.35. The third-order valence-electron chi connectivity index (χ3n) is 5.65. The second kappa shape index (κ2) is 13.3. The smallest absolute Gasteiger partial charge is 0.0858 e. The highest BCUT2D eigenvalue weighted by Crippen LogP contribution is 2.25. The van der Waals surface area contributed by atoms with E-state index in [4.69, 9.17) is 0 Å². The largest absolute Gasteiger partial charge is 0.372 e. The first-order chi connectivity index (χ1) is 16.2. The summed E-state index contributed by atoms with van der Waals surface area (Å²) in [7, 11) is 0. The average Bonchev–Trinajstić information content (AvgIpc) is 2.87. The first kappa shape index (κ1) is 24.3. The van der Waals surface area contributed by atoms with E-state index in [9.17, 15) is 0 Å². The fourth-order valence-corrected chi connectivity index (χ4v) is 3.62. The van der Waals surface area contributed by atoms with Crippen molar-refractivity contribution in [3.63, 3.8) is 0 Å². The van der Waals surface area contributed by atoms with Gasteiger partial charge >= 0.3 is 0 Å². The first-order valence-corrected chi connectivity index (χ1v) is 12.1. The molecule has 0 aromatic heterocycles. The summed E-state index contributed by atoms with van der Waals surface area (Å²) in [5.74, 6) is 0. The van der Waals surface area contributed by atoms with Gasteiger partial charge in [0.15, 0.2) is 0 Å². The van der Waals surface area contributed by atoms with E-state index in [0.717, 1.165) is 42.3 Å². The van der Waals surface area contributed by atoms with Crippen LogP contribution in [0.1, 0.15) is 52.0 Å². The fraction of sp³-hybridized carbons (Fsp3) is 0.357. The van der Waals surface area contributed by atoms with E-state index in [1.165, 1.54) is 36.9 Å². The quantitative estimate of drug-likeness (QED) is 0.204. The van der Waals surface area contributed by atoms with Gasteiger partial charge in [-0.15, -0.1) is 0 Å². The standard InChI is InChI=1S/C28H35N5/c1-4-7-8-9-10-23-11-13-24(14-12-23)29-30-25-15-17-26(18-16-25)31-32-27-19-21-28(22-20-27)33(5-2)6-3/h11-22H,4-10H2,1-3H3. The molecule has 0 aliphatic rings. The Morgan fingerprint density at radius 2 is 0.939 bits per heavy atom. The molecular weight excluding hydrogens is 406 g/mol. The molecule has 0 spiro atoms. The van der Waals surface area contributed by atoms with Crippen LogP contribution in [0, 0.1) is 0 Å². The van der Waals surface area contributed by atoms with Crippen LogP contribution in [-0.2, 0) is 6.42 Å². The van der Waals surface area contributed by atoms with Gasteiger partial charge in [-0.05, 0) is 92.9 Å². The van der Waals surface area contributed by atoms with Gasteiger partial charge in [0, 0.05) is 18.8 Å². The summed E-state index contributed by atoms with van der Waals surface area (Å²) in [6.45, 7) is 8.54. The Balaban J connectivity index is 1.53. The van der Waals surface area contributed by atoms with Crippen molar-refractivity contribution < 1.29 is 0 Å². The highest BCUT2D eigenvalue weighted by atomic mass is 15.1. The van der Waals surface area contributed by atoms with E-state index >= 15 is 0 Å². The van der Waals surface area contributed by atoms with Crippen molar-refractivity contribution in [1.29, 1.82) is 0 Å². The van der Waals surface area contributed by atoms with E-state index < -0.39 is 0 Å². The maximum absolute atomic E-state index is 4.35. The monoisotopic (exact) mass is 441 g/mol. The SMILES string of the molecule is CCCCCCc1ccc(N=Nc2ccc(N=Nc3ccc(N(CC)CC)cc3)cc2)cc1. The van der Waals surface area contributed by atoms with Crippen LogP contribution in [0.2, 0.25) is 0 Å². The molecule has 5 heteroatoms. The minimum atomic E-state index is 0.786. The Bertz CT molecular complexity index is 1000. The highest BCUT2D eigenvalue weighted by Gasteiger charge is 2.01. The third-order valence-corrected chi connectivity index (χ3v) is 5.65. The summed E-state index contributed by atoms with van der Waals surface area (Å²) in [4.78, 5) is 2.30. The summed E-state index contributed by atoms with van der Waals surface area (Å²) < 4.78 is 0. The first-order valence-electron chi connectivity index (χ1n) is 12.1. The Kier molecular flexibility index (Phi) is 9.77. The molecule has 0 saturated carbocycles. The van der Waals surface area contributed by atoms with Crippen LogP contribution < -0.4 is 4.90 Å². The molecule has 0 heterocycles. The molecule has 0 atom stereocenters. The molecule has 0 unspecified atom stereocenters. The molecule has 0 amide bonds. The van der Waals surface area contributed by atoms with Gasteiger partial charge in [0.2, 0.25) is 0 Å². The lowest BCUT2D eigenvalue weighted by atomic mass is 10.1. The van der Waals surface area contributed by atoms with Crippen LogP contribution in [0.3, 0.4) is 0 Å². The van der Waals surface area contributed by atoms with Crippen molar-refractivity contribution in [2.45, 2.75) is 52.9 Å². The van der Waals surface area contributed by atoms with Crippen LogP contribution in [0.15, 0.2) is 93.3 Å². The van der Waals surface area contributed by atoms with Gasteiger partial charge in [-0.3, -0.25) is 0 Å². The lowest BCUT2D eigenvalue weighted by Crippen LogP contribution is -2.21. The van der Waals surface area contributed by atoms with E-state index in [2.05, 4.69) is 70.4 Å². The van der Waals surface area contributed by atoms with Crippen molar-refractivity contribution in [1.82, 2.24) is 0 Å². The molecular formula is C28H35N5. The van der Waals surface area contributed by atoms with Crippen LogP contribution >= 0.6 is 0 Å². The Labute approximate surface area is 198 Å². The number of benzene rings is 3. The number of nitrogens with zero attached hydrogens (tertiary/aromatic N) is 5. The highest BCUT2D eigenvalue weighted by molar-refractivity contribution is 5.53. The topological polar surface area (TPSA) is 52.7 Å². The van der Waals surface area contributed by atoms with Crippen molar-refractivity contribution in [3.8, 4) is 0 Å². The number of aryl methyl sites for hydroxylation is 1. The molecule has 0 fully saturated rings. The Hall–Kier alpha value is -3.34. The normalized spacial score (nSPS) is 11.5. The van der Waals surface area contributed by atoms with Crippen molar-refractivity contribution in [3.05, 3.63) is 78.4 Å². The van der Waals surface area contributed by atoms with Gasteiger partial charge in [0.05, 0.1) is 22.7 Å². The molecule has 0 bridgehead atoms. The van der Waals surface area contributed by atoms with E-state index in [1.807, 2.05) is 48.5 Å². The molecule has 5 nitrogen and oxygen atoms in total. The Morgan fingerprint density at radius 3 is 1.36 bits per heavy atom. The second-order valence-electron chi connectivity index (χ2n) is 8.08. The van der Waals surface area contributed by atoms with E-state index in [1.54, 1.807) is 0 Å². The lowest BCUT2D eigenvalue weighted by Gasteiger charge is -2.20. The summed E-state index contributed by atoms with van der Waals surface area (Å²) in [5.41, 5.74) is 5.85. The molecule has 3 aromatic carbocycles. The van der Waals surface area contributed by atoms with E-state index in [0.29, 0.717) is 0 Å². The van der Waals surface area contributed by atoms with Gasteiger partial charge in [-0.2, -0.15) is 20.5 Å². The molecule has 0 radical (unpaired) electrons. The molecule has 3 rings (SSSR count). The summed E-state index contributed by atoms with van der Waals surface area (Å²) >= 11 is 0. The molecule has 0 aliphatic carbocycles. The van der Waals surface area contributed by atoms with Gasteiger partial charge in [-0.1, -0.05) is 38.3 Å². The molecule has 0 aliphatic heterocycles. The third kappa shape index (κ3) is 7.94. The molecule has 172 valence electrons. The predicted molar refractivity (Wildman–Crippen MR) is 139 cm³/mol. The Morgan fingerprint density at radius 1 is 0.515 bits per heavy atom. The number of anilines is 1. The second-order valence-corrected chi connectivity index (χ2v) is 8.08. The van der Waals surface area contributed by atoms with Crippen molar-refractivity contribution >= 4 is 28.4 Å². The maximum Gasteiger partial charge on any atom is 0.0858 e. The van der Waals surface area contributed by atoms with Crippen LogP contribution in [-0.4, -0.2) is 13.1 Å². The number of azo groups is 2. The minimum absolute atomic E-state index is 0.786. The van der Waals surface area contributed by atoms with Gasteiger partial charge in [-0.25, -0.2) is 0 Å². The average molecular weight is 442 g/mol. The van der Waals surface area contributed by atoms with Crippen molar-refractivity contribution in [2.24, 2.45) is 20.5 Å². The zero-order valence-corrected chi connectivity index (χ0v) is 20.1. The predicted octanol–water partition coefficient (Wildman–Crippen LogP) is 9.49. The zero-order valence-electron chi connectivity index (χ0n) is 20.1. The number of hydrogen-bond donors (Lipinski definition) is 0. The molecule has 33 heavy (non-hydrogen) atoms. The zero-order chi connectivity index (χ0) is 23.3. The van der Waals surface area contributed by atoms with Crippen LogP contribution in [0.4, 0.5) is 28.4 Å². The van der Waals surface area contributed by atoms with Gasteiger partial charge in [0.1, 0.15) is 0 Å². The van der Waals surface area contributed by atoms with Gasteiger partial charge < -0.3 is 4.90 Å².